The Labute approximate surface area is 119 Å². The summed E-state index contributed by atoms with van der Waals surface area (Å²) in [7, 11) is 0. The molecular weight excluding hydrogens is 254 g/mol. The highest BCUT2D eigenvalue weighted by Crippen LogP contribution is 2.25. The van der Waals surface area contributed by atoms with Crippen LogP contribution in [0.25, 0.3) is 11.0 Å². The van der Waals surface area contributed by atoms with Crippen LogP contribution in [0, 0.1) is 11.7 Å². The molecule has 0 amide bonds. The van der Waals surface area contributed by atoms with Crippen molar-refractivity contribution in [3.05, 3.63) is 28.5 Å². The molecule has 0 aliphatic carbocycles. The zero-order chi connectivity index (χ0) is 13.6. The van der Waals surface area contributed by atoms with Crippen LogP contribution in [-0.2, 0) is 0 Å². The predicted molar refractivity (Wildman–Crippen MR) is 82.9 cm³/mol. The quantitative estimate of drug-likeness (QED) is 0.798. The number of imidazole rings is 1. The molecule has 1 aliphatic heterocycles. The fourth-order valence-electron chi connectivity index (χ4n) is 3.23. The summed E-state index contributed by atoms with van der Waals surface area (Å²) in [6, 6.07) is 7.54. The van der Waals surface area contributed by atoms with Crippen LogP contribution in [0.4, 0.5) is 0 Å². The van der Waals surface area contributed by atoms with Crippen molar-refractivity contribution in [2.45, 2.75) is 52.1 Å². The standard InChI is InChI=1S/C15H21N3S/c1-10-7-8-13-14(9-10)18(15(19)16-13)17-11(2)5-4-6-12(17)3/h7-9,11-12H,4-6H2,1-3H3,(H,16,19). The van der Waals surface area contributed by atoms with Crippen LogP contribution in [0.15, 0.2) is 18.2 Å². The van der Waals surface area contributed by atoms with Crippen LogP contribution < -0.4 is 5.01 Å². The molecule has 1 N–H and O–H groups in total. The molecule has 3 nitrogen and oxygen atoms in total. The monoisotopic (exact) mass is 275 g/mol. The molecule has 2 heterocycles. The Morgan fingerprint density at radius 3 is 2.58 bits per heavy atom. The van der Waals surface area contributed by atoms with Gasteiger partial charge in [0.1, 0.15) is 0 Å². The van der Waals surface area contributed by atoms with Crippen LogP contribution in [-0.4, -0.2) is 21.7 Å². The van der Waals surface area contributed by atoms with E-state index in [-0.39, 0.29) is 0 Å². The number of aromatic nitrogens is 2. The smallest absolute Gasteiger partial charge is 0.197 e. The molecule has 19 heavy (non-hydrogen) atoms. The second-order valence-electron chi connectivity index (χ2n) is 5.77. The molecular formula is C15H21N3S. The number of rotatable bonds is 1. The largest absolute Gasteiger partial charge is 0.329 e. The van der Waals surface area contributed by atoms with Crippen molar-refractivity contribution in [1.82, 2.24) is 9.66 Å². The summed E-state index contributed by atoms with van der Waals surface area (Å²) in [5, 5.41) is 2.45. The molecule has 2 aromatic rings. The molecule has 1 aromatic carbocycles. The first-order chi connectivity index (χ1) is 9.08. The fraction of sp³-hybridized carbons (Fsp3) is 0.533. The summed E-state index contributed by atoms with van der Waals surface area (Å²) < 4.78 is 3.02. The van der Waals surface area contributed by atoms with Gasteiger partial charge in [0.2, 0.25) is 0 Å². The summed E-state index contributed by atoms with van der Waals surface area (Å²) in [5.41, 5.74) is 3.60. The number of hydrogen-bond donors (Lipinski definition) is 1. The van der Waals surface area contributed by atoms with Crippen molar-refractivity contribution in [1.29, 1.82) is 0 Å². The molecule has 1 aromatic heterocycles. The number of hydrogen-bond acceptors (Lipinski definition) is 2. The molecule has 3 rings (SSSR count). The highest BCUT2D eigenvalue weighted by Gasteiger charge is 2.26. The van der Waals surface area contributed by atoms with E-state index in [1.807, 2.05) is 0 Å². The van der Waals surface area contributed by atoms with Crippen molar-refractivity contribution >= 4 is 23.3 Å². The van der Waals surface area contributed by atoms with E-state index in [0.29, 0.717) is 12.1 Å². The van der Waals surface area contributed by atoms with Crippen molar-refractivity contribution in [2.24, 2.45) is 0 Å². The average Bonchev–Trinajstić information content (AvgIpc) is 2.66. The van der Waals surface area contributed by atoms with Gasteiger partial charge in [0.15, 0.2) is 4.77 Å². The number of benzene rings is 1. The number of H-pyrrole nitrogens is 1. The topological polar surface area (TPSA) is 24.0 Å². The third kappa shape index (κ3) is 2.08. The van der Waals surface area contributed by atoms with E-state index in [1.165, 1.54) is 30.3 Å². The van der Waals surface area contributed by atoms with E-state index >= 15 is 0 Å². The third-order valence-electron chi connectivity index (χ3n) is 4.19. The fourth-order valence-corrected chi connectivity index (χ4v) is 3.53. The normalized spacial score (nSPS) is 24.1. The van der Waals surface area contributed by atoms with Gasteiger partial charge in [-0.3, -0.25) is 0 Å². The summed E-state index contributed by atoms with van der Waals surface area (Å²) >= 11 is 5.55. The van der Waals surface area contributed by atoms with Crippen LogP contribution in [0.2, 0.25) is 0 Å². The molecule has 1 aliphatic rings. The minimum atomic E-state index is 0.537. The summed E-state index contributed by atoms with van der Waals surface area (Å²) in [4.78, 5) is 3.33. The zero-order valence-electron chi connectivity index (χ0n) is 11.8. The summed E-state index contributed by atoms with van der Waals surface area (Å²) in [5.74, 6) is 0. The number of nitrogens with one attached hydrogen (secondary N) is 1. The number of aromatic amines is 1. The van der Waals surface area contributed by atoms with Gasteiger partial charge in [-0.15, -0.1) is 0 Å². The van der Waals surface area contributed by atoms with Gasteiger partial charge >= 0.3 is 0 Å². The number of piperidine rings is 1. The second-order valence-corrected chi connectivity index (χ2v) is 6.16. The lowest BCUT2D eigenvalue weighted by Crippen LogP contribution is -2.51. The molecule has 1 fully saturated rings. The molecule has 4 heteroatoms. The molecule has 0 spiro atoms. The van der Waals surface area contributed by atoms with E-state index in [0.717, 1.165) is 10.3 Å². The van der Waals surface area contributed by atoms with Crippen LogP contribution >= 0.6 is 12.2 Å². The van der Waals surface area contributed by atoms with Crippen LogP contribution in [0.3, 0.4) is 0 Å². The molecule has 0 saturated carbocycles. The first kappa shape index (κ1) is 12.7. The molecule has 2 unspecified atom stereocenters. The Morgan fingerprint density at radius 1 is 1.21 bits per heavy atom. The van der Waals surface area contributed by atoms with Crippen molar-refractivity contribution < 1.29 is 0 Å². The zero-order valence-corrected chi connectivity index (χ0v) is 12.6. The average molecular weight is 275 g/mol. The molecule has 102 valence electrons. The minimum absolute atomic E-state index is 0.537. The Bertz CT molecular complexity index is 645. The Hall–Kier alpha value is -1.29. The highest BCUT2D eigenvalue weighted by molar-refractivity contribution is 7.71. The molecule has 0 radical (unpaired) electrons. The molecule has 2 atom stereocenters. The van der Waals surface area contributed by atoms with Gasteiger partial charge in [0.25, 0.3) is 0 Å². The first-order valence-corrected chi connectivity index (χ1v) is 7.49. The number of aryl methyl sites for hydroxylation is 1. The minimum Gasteiger partial charge on any atom is -0.329 e. The predicted octanol–water partition coefficient (Wildman–Crippen LogP) is 3.91. The van der Waals surface area contributed by atoms with E-state index in [1.54, 1.807) is 0 Å². The van der Waals surface area contributed by atoms with E-state index in [9.17, 15) is 0 Å². The second kappa shape index (κ2) is 4.67. The van der Waals surface area contributed by atoms with Gasteiger partial charge in [0.05, 0.1) is 11.0 Å². The van der Waals surface area contributed by atoms with Gasteiger partial charge < -0.3 is 9.99 Å². The third-order valence-corrected chi connectivity index (χ3v) is 4.47. The van der Waals surface area contributed by atoms with Crippen molar-refractivity contribution in [3.8, 4) is 0 Å². The summed E-state index contributed by atoms with van der Waals surface area (Å²) in [6.45, 7) is 6.72. The maximum Gasteiger partial charge on any atom is 0.197 e. The Kier molecular flexibility index (Phi) is 3.13. The van der Waals surface area contributed by atoms with Crippen molar-refractivity contribution in [2.75, 3.05) is 5.01 Å². The SMILES string of the molecule is Cc1ccc2[nH]c(=S)n(N3C(C)CCCC3C)c2c1. The van der Waals surface area contributed by atoms with E-state index in [4.69, 9.17) is 12.2 Å². The number of nitrogens with zero attached hydrogens (tertiary/aromatic N) is 2. The van der Waals surface area contributed by atoms with Gasteiger partial charge in [-0.05, 0) is 69.9 Å². The Morgan fingerprint density at radius 2 is 1.89 bits per heavy atom. The highest BCUT2D eigenvalue weighted by atomic mass is 32.1. The van der Waals surface area contributed by atoms with Crippen molar-refractivity contribution in [3.63, 3.8) is 0 Å². The maximum absolute atomic E-state index is 5.55. The lowest BCUT2D eigenvalue weighted by atomic mass is 10.00. The van der Waals surface area contributed by atoms with Gasteiger partial charge in [-0.2, -0.15) is 0 Å². The molecule has 1 saturated heterocycles. The van der Waals surface area contributed by atoms with Gasteiger partial charge in [0, 0.05) is 12.1 Å². The summed E-state index contributed by atoms with van der Waals surface area (Å²) in [6.07, 6.45) is 3.79. The lowest BCUT2D eigenvalue weighted by molar-refractivity contribution is 0.339. The van der Waals surface area contributed by atoms with Gasteiger partial charge in [-0.25, -0.2) is 4.68 Å². The van der Waals surface area contributed by atoms with Crippen LogP contribution in [0.1, 0.15) is 38.7 Å². The maximum atomic E-state index is 5.55. The first-order valence-electron chi connectivity index (χ1n) is 7.08. The van der Waals surface area contributed by atoms with Crippen LogP contribution in [0.5, 0.6) is 0 Å². The van der Waals surface area contributed by atoms with Gasteiger partial charge in [-0.1, -0.05) is 6.07 Å². The molecule has 0 bridgehead atoms. The lowest BCUT2D eigenvalue weighted by Gasteiger charge is -2.41. The number of fused-ring (bicyclic) bond motifs is 1. The Balaban J connectivity index is 2.20. The van der Waals surface area contributed by atoms with E-state index in [2.05, 4.69) is 53.6 Å². The van der Waals surface area contributed by atoms with E-state index < -0.39 is 0 Å².